The van der Waals surface area contributed by atoms with Crippen LogP contribution < -0.4 is 10.5 Å². The molecule has 3 N–H and O–H groups in total. The molecule has 0 aliphatic heterocycles. The molecule has 3 aromatic rings. The molecule has 0 amide bonds. The van der Waals surface area contributed by atoms with Gasteiger partial charge in [0.1, 0.15) is 0 Å². The van der Waals surface area contributed by atoms with Crippen molar-refractivity contribution in [1.29, 1.82) is 5.26 Å². The Labute approximate surface area is 187 Å². The fraction of sp³-hybridized carbons (Fsp3) is 0.381. The summed E-state index contributed by atoms with van der Waals surface area (Å²) in [5.74, 6) is -0.384. The Morgan fingerprint density at radius 3 is 2.64 bits per heavy atom. The van der Waals surface area contributed by atoms with Gasteiger partial charge in [0, 0.05) is 17.3 Å². The second-order valence-electron chi connectivity index (χ2n) is 8.95. The molecule has 1 aromatic carbocycles. The molecule has 33 heavy (non-hydrogen) atoms. The van der Waals surface area contributed by atoms with Crippen LogP contribution in [-0.2, 0) is 16.2 Å². The quantitative estimate of drug-likeness (QED) is 0.594. The summed E-state index contributed by atoms with van der Waals surface area (Å²) in [6.07, 6.45) is -0.372. The lowest BCUT2D eigenvalue weighted by Crippen LogP contribution is -2.55. The van der Waals surface area contributed by atoms with Crippen molar-refractivity contribution in [2.75, 3.05) is 5.73 Å². The molecule has 0 atom stereocenters. The van der Waals surface area contributed by atoms with E-state index in [2.05, 4.69) is 20.8 Å². The van der Waals surface area contributed by atoms with Crippen LogP contribution in [0.4, 0.5) is 19.0 Å². The normalized spacial score (nSPS) is 24.6. The first-order valence-electron chi connectivity index (χ1n) is 10.1. The maximum absolute atomic E-state index is 13.3. The van der Waals surface area contributed by atoms with Crippen molar-refractivity contribution in [3.63, 3.8) is 0 Å². The van der Waals surface area contributed by atoms with E-state index in [4.69, 9.17) is 5.73 Å². The predicted molar refractivity (Wildman–Crippen MR) is 112 cm³/mol. The van der Waals surface area contributed by atoms with Gasteiger partial charge in [-0.05, 0) is 50.3 Å². The summed E-state index contributed by atoms with van der Waals surface area (Å²) in [7, 11) is -3.93. The highest BCUT2D eigenvalue weighted by Gasteiger charge is 2.62. The molecule has 3 aliphatic rings. The minimum absolute atomic E-state index is 0.0214. The van der Waals surface area contributed by atoms with Gasteiger partial charge in [0.05, 0.1) is 28.3 Å². The number of hydrogen-bond donors (Lipinski definition) is 2. The molecule has 0 spiro atoms. The van der Waals surface area contributed by atoms with Crippen LogP contribution in [0.15, 0.2) is 35.5 Å². The largest absolute Gasteiger partial charge is 0.434 e. The van der Waals surface area contributed by atoms with Crippen LogP contribution in [0, 0.1) is 23.7 Å². The lowest BCUT2D eigenvalue weighted by molar-refractivity contribution is -0.141. The highest BCUT2D eigenvalue weighted by atomic mass is 32.2. The van der Waals surface area contributed by atoms with E-state index in [9.17, 15) is 26.9 Å². The standard InChI is InChI=1S/C21H19F3N6O2S/c1-12-2-3-13(33(31,32)29-20-5-4-19(9-20,10-20)11-25)6-14(12)15-7-27-18-17(26)28-16(8-30(15)18)21(22,23)24/h2-3,6-8,29H,4-5,9-10H2,1H3,(H2,26,28). The maximum Gasteiger partial charge on any atom is 0.434 e. The average Bonchev–Trinajstić information content (AvgIpc) is 3.38. The molecular formula is C21H19F3N6O2S. The van der Waals surface area contributed by atoms with E-state index in [1.54, 1.807) is 13.0 Å². The molecule has 0 unspecified atom stereocenters. The SMILES string of the molecule is Cc1ccc(S(=O)(=O)NC23CCC(C#N)(C2)C3)cc1-c1cnc2c(N)nc(C(F)(F)F)cn12. The smallest absolute Gasteiger partial charge is 0.381 e. The second-order valence-corrected chi connectivity index (χ2v) is 10.6. The zero-order valence-electron chi connectivity index (χ0n) is 17.4. The molecule has 172 valence electrons. The molecule has 0 saturated heterocycles. The van der Waals surface area contributed by atoms with Crippen molar-refractivity contribution in [2.45, 2.75) is 49.2 Å². The van der Waals surface area contributed by atoms with E-state index >= 15 is 0 Å². The number of benzene rings is 1. The minimum atomic E-state index is -4.71. The van der Waals surface area contributed by atoms with E-state index in [0.29, 0.717) is 36.8 Å². The third kappa shape index (κ3) is 3.34. The third-order valence-electron chi connectivity index (χ3n) is 6.63. The van der Waals surface area contributed by atoms with Crippen molar-refractivity contribution in [3.8, 4) is 17.3 Å². The molecule has 12 heteroatoms. The van der Waals surface area contributed by atoms with Crippen LogP contribution in [0.3, 0.4) is 0 Å². The molecule has 6 rings (SSSR count). The number of hydrogen-bond acceptors (Lipinski definition) is 6. The number of alkyl halides is 3. The number of nitrogens with one attached hydrogen (secondary N) is 1. The van der Waals surface area contributed by atoms with Gasteiger partial charge in [0.25, 0.3) is 0 Å². The number of aromatic nitrogens is 3. The Morgan fingerprint density at radius 1 is 1.27 bits per heavy atom. The van der Waals surface area contributed by atoms with E-state index in [1.807, 2.05) is 0 Å². The van der Waals surface area contributed by atoms with Crippen molar-refractivity contribution >= 4 is 21.5 Å². The fourth-order valence-electron chi connectivity index (χ4n) is 5.07. The van der Waals surface area contributed by atoms with Gasteiger partial charge in [-0.25, -0.2) is 23.1 Å². The van der Waals surface area contributed by atoms with Crippen molar-refractivity contribution in [1.82, 2.24) is 19.1 Å². The van der Waals surface area contributed by atoms with Gasteiger partial charge in [-0.2, -0.15) is 18.4 Å². The molecule has 3 saturated carbocycles. The number of aryl methyl sites for hydroxylation is 1. The average molecular weight is 476 g/mol. The van der Waals surface area contributed by atoms with Crippen LogP contribution in [0.2, 0.25) is 0 Å². The summed E-state index contributed by atoms with van der Waals surface area (Å²) in [5.41, 5.74) is 4.78. The highest BCUT2D eigenvalue weighted by molar-refractivity contribution is 7.89. The number of sulfonamides is 1. The molecule has 2 aromatic heterocycles. The fourth-order valence-corrected chi connectivity index (χ4v) is 6.52. The van der Waals surface area contributed by atoms with Crippen LogP contribution in [0.1, 0.15) is 36.9 Å². The first kappa shape index (κ1) is 21.7. The van der Waals surface area contributed by atoms with E-state index in [-0.39, 0.29) is 22.1 Å². The van der Waals surface area contributed by atoms with Crippen molar-refractivity contribution in [2.24, 2.45) is 5.41 Å². The summed E-state index contributed by atoms with van der Waals surface area (Å²) in [5, 5.41) is 9.32. The number of halogens is 3. The lowest BCUT2D eigenvalue weighted by atomic mass is 9.66. The molecule has 3 fully saturated rings. The van der Waals surface area contributed by atoms with Gasteiger partial charge < -0.3 is 5.73 Å². The minimum Gasteiger partial charge on any atom is -0.381 e. The van der Waals surface area contributed by atoms with Gasteiger partial charge in [-0.3, -0.25) is 4.40 Å². The molecule has 3 aliphatic carbocycles. The number of rotatable bonds is 4. The molecular weight excluding hydrogens is 457 g/mol. The molecule has 2 heterocycles. The van der Waals surface area contributed by atoms with Crippen LogP contribution >= 0.6 is 0 Å². The first-order chi connectivity index (χ1) is 15.4. The van der Waals surface area contributed by atoms with Crippen molar-refractivity contribution < 1.29 is 21.6 Å². The number of nitrogens with zero attached hydrogens (tertiary/aromatic N) is 4. The number of nitrogens with two attached hydrogens (primary N) is 1. The third-order valence-corrected chi connectivity index (χ3v) is 8.20. The van der Waals surface area contributed by atoms with Gasteiger partial charge in [-0.15, -0.1) is 0 Å². The highest BCUT2D eigenvalue weighted by Crippen LogP contribution is 2.61. The predicted octanol–water partition coefficient (Wildman–Crippen LogP) is 3.42. The summed E-state index contributed by atoms with van der Waals surface area (Å²) < 4.78 is 70.0. The molecule has 0 radical (unpaired) electrons. The summed E-state index contributed by atoms with van der Waals surface area (Å²) in [6, 6.07) is 6.73. The second kappa shape index (κ2) is 6.68. The number of nitriles is 1. The number of imidazole rings is 1. The molecule has 2 bridgehead atoms. The van der Waals surface area contributed by atoms with E-state index in [0.717, 1.165) is 6.20 Å². The Morgan fingerprint density at radius 2 is 2.00 bits per heavy atom. The number of fused-ring (bicyclic) bond motifs is 2. The topological polar surface area (TPSA) is 126 Å². The lowest BCUT2D eigenvalue weighted by Gasteiger charge is -2.43. The first-order valence-corrected chi connectivity index (χ1v) is 11.6. The Bertz CT molecular complexity index is 1450. The Balaban J connectivity index is 1.56. The van der Waals surface area contributed by atoms with Crippen LogP contribution in [0.5, 0.6) is 0 Å². The van der Waals surface area contributed by atoms with Crippen LogP contribution in [0.25, 0.3) is 16.9 Å². The molecule has 8 nitrogen and oxygen atoms in total. The summed E-state index contributed by atoms with van der Waals surface area (Å²) in [6.45, 7) is 1.72. The zero-order valence-corrected chi connectivity index (χ0v) is 18.3. The van der Waals surface area contributed by atoms with Crippen LogP contribution in [-0.4, -0.2) is 28.3 Å². The monoisotopic (exact) mass is 476 g/mol. The Hall–Kier alpha value is -3.17. The van der Waals surface area contributed by atoms with E-state index in [1.165, 1.54) is 22.7 Å². The summed E-state index contributed by atoms with van der Waals surface area (Å²) >= 11 is 0. The van der Waals surface area contributed by atoms with Gasteiger partial charge in [0.15, 0.2) is 17.2 Å². The number of nitrogen functional groups attached to an aromatic ring is 1. The van der Waals surface area contributed by atoms with Gasteiger partial charge in [-0.1, -0.05) is 6.07 Å². The summed E-state index contributed by atoms with van der Waals surface area (Å²) in [4.78, 5) is 7.44. The number of anilines is 1. The Kier molecular flexibility index (Phi) is 4.38. The van der Waals surface area contributed by atoms with Gasteiger partial charge in [0.2, 0.25) is 10.0 Å². The van der Waals surface area contributed by atoms with Gasteiger partial charge >= 0.3 is 6.18 Å². The maximum atomic E-state index is 13.3. The zero-order chi connectivity index (χ0) is 23.8. The van der Waals surface area contributed by atoms with E-state index < -0.39 is 32.8 Å². The van der Waals surface area contributed by atoms with Crippen molar-refractivity contribution in [3.05, 3.63) is 41.9 Å².